The van der Waals surface area contributed by atoms with Crippen LogP contribution in [0.2, 0.25) is 0 Å². The van der Waals surface area contributed by atoms with E-state index in [2.05, 4.69) is 27.8 Å². The molecule has 0 atom stereocenters. The van der Waals surface area contributed by atoms with Crippen LogP contribution in [0, 0.1) is 0 Å². The number of nitrogens with zero attached hydrogens (tertiary/aromatic N) is 1. The van der Waals surface area contributed by atoms with Gasteiger partial charge in [0.1, 0.15) is 5.01 Å². The second kappa shape index (κ2) is 5.75. The summed E-state index contributed by atoms with van der Waals surface area (Å²) >= 11 is 6.66. The molecule has 3 nitrogen and oxygen atoms in total. The van der Waals surface area contributed by atoms with E-state index < -0.39 is 0 Å². The van der Waals surface area contributed by atoms with Crippen molar-refractivity contribution in [2.45, 2.75) is 6.54 Å². The molecule has 0 aliphatic heterocycles. The molecule has 0 bridgehead atoms. The van der Waals surface area contributed by atoms with Crippen LogP contribution in [0.5, 0.6) is 0 Å². The summed E-state index contributed by atoms with van der Waals surface area (Å²) in [7, 11) is 1.80. The Bertz CT molecular complexity index is 493. The molecule has 0 saturated carbocycles. The first-order valence-electron chi connectivity index (χ1n) is 5.25. The van der Waals surface area contributed by atoms with E-state index in [4.69, 9.17) is 12.2 Å². The molecule has 5 heteroatoms. The summed E-state index contributed by atoms with van der Waals surface area (Å²) in [5.74, 6) is 0. The largest absolute Gasteiger partial charge is 0.366 e. The zero-order valence-corrected chi connectivity index (χ0v) is 11.1. The molecule has 0 radical (unpaired) electrons. The Morgan fingerprint density at radius 2 is 2.12 bits per heavy atom. The third-order valence-corrected chi connectivity index (χ3v) is 3.52. The molecule has 0 spiro atoms. The first kappa shape index (κ1) is 12.0. The second-order valence-corrected chi connectivity index (χ2v) is 4.71. The topological polar surface area (TPSA) is 37.0 Å². The average molecular weight is 263 g/mol. The van der Waals surface area contributed by atoms with Crippen LogP contribution in [0.25, 0.3) is 10.6 Å². The molecule has 0 saturated heterocycles. The monoisotopic (exact) mass is 263 g/mol. The van der Waals surface area contributed by atoms with Gasteiger partial charge in [-0.15, -0.1) is 11.3 Å². The molecule has 1 aromatic carbocycles. The number of aromatic nitrogens is 1. The smallest absolute Gasteiger partial charge is 0.166 e. The fourth-order valence-electron chi connectivity index (χ4n) is 1.36. The minimum Gasteiger partial charge on any atom is -0.366 e. The Kier molecular flexibility index (Phi) is 4.06. The van der Waals surface area contributed by atoms with E-state index in [1.165, 1.54) is 0 Å². The third kappa shape index (κ3) is 3.25. The minimum absolute atomic E-state index is 0.638. The summed E-state index contributed by atoms with van der Waals surface area (Å²) in [5.41, 5.74) is 2.16. The standard InChI is InChI=1S/C12H13N3S2/c1-13-12(16)14-7-10-8-17-11(15-10)9-5-3-2-4-6-9/h2-6,8H,7H2,1H3,(H2,13,14,16). The van der Waals surface area contributed by atoms with Gasteiger partial charge in [0, 0.05) is 18.0 Å². The SMILES string of the molecule is CNC(=S)NCc1csc(-c2ccccc2)n1. The molecule has 2 N–H and O–H groups in total. The lowest BCUT2D eigenvalue weighted by molar-refractivity contribution is 0.866. The van der Waals surface area contributed by atoms with Crippen molar-refractivity contribution in [3.63, 3.8) is 0 Å². The van der Waals surface area contributed by atoms with Crippen molar-refractivity contribution in [1.29, 1.82) is 0 Å². The number of rotatable bonds is 3. The fourth-order valence-corrected chi connectivity index (χ4v) is 2.26. The van der Waals surface area contributed by atoms with Crippen molar-refractivity contribution >= 4 is 28.7 Å². The summed E-state index contributed by atoms with van der Waals surface area (Å²) in [4.78, 5) is 4.56. The maximum absolute atomic E-state index is 5.01. The van der Waals surface area contributed by atoms with Crippen molar-refractivity contribution in [3.8, 4) is 10.6 Å². The highest BCUT2D eigenvalue weighted by molar-refractivity contribution is 7.80. The molecule has 0 amide bonds. The van der Waals surface area contributed by atoms with Crippen LogP contribution in [0.4, 0.5) is 0 Å². The minimum atomic E-state index is 0.638. The van der Waals surface area contributed by atoms with Gasteiger partial charge in [-0.1, -0.05) is 30.3 Å². The Morgan fingerprint density at radius 3 is 2.82 bits per heavy atom. The van der Waals surface area contributed by atoms with Gasteiger partial charge >= 0.3 is 0 Å². The lowest BCUT2D eigenvalue weighted by Gasteiger charge is -2.03. The normalized spacial score (nSPS) is 9.94. The highest BCUT2D eigenvalue weighted by Gasteiger charge is 2.04. The van der Waals surface area contributed by atoms with Gasteiger partial charge in [-0.25, -0.2) is 4.98 Å². The molecule has 17 heavy (non-hydrogen) atoms. The molecule has 88 valence electrons. The van der Waals surface area contributed by atoms with Gasteiger partial charge in [-0.3, -0.25) is 0 Å². The van der Waals surface area contributed by atoms with Crippen molar-refractivity contribution in [3.05, 3.63) is 41.4 Å². The van der Waals surface area contributed by atoms with E-state index in [1.54, 1.807) is 18.4 Å². The summed E-state index contributed by atoms with van der Waals surface area (Å²) < 4.78 is 0. The number of thiazole rings is 1. The van der Waals surface area contributed by atoms with Gasteiger partial charge in [-0.2, -0.15) is 0 Å². The quantitative estimate of drug-likeness (QED) is 0.834. The van der Waals surface area contributed by atoms with Gasteiger partial charge in [0.2, 0.25) is 0 Å². The fraction of sp³-hybridized carbons (Fsp3) is 0.167. The predicted octanol–water partition coefficient (Wildman–Crippen LogP) is 2.40. The highest BCUT2D eigenvalue weighted by atomic mass is 32.1. The zero-order chi connectivity index (χ0) is 12.1. The Labute approximate surface area is 110 Å². The van der Waals surface area contributed by atoms with Crippen molar-refractivity contribution in [2.75, 3.05) is 7.05 Å². The first-order chi connectivity index (χ1) is 8.29. The van der Waals surface area contributed by atoms with Crippen molar-refractivity contribution in [2.24, 2.45) is 0 Å². The summed E-state index contributed by atoms with van der Waals surface area (Å²) in [6, 6.07) is 10.2. The Hall–Kier alpha value is -1.46. The molecule has 1 heterocycles. The number of thiocarbonyl (C=S) groups is 1. The number of nitrogens with one attached hydrogen (secondary N) is 2. The molecule has 0 fully saturated rings. The number of benzene rings is 1. The number of hydrogen-bond donors (Lipinski definition) is 2. The Balaban J connectivity index is 2.04. The second-order valence-electron chi connectivity index (χ2n) is 3.44. The van der Waals surface area contributed by atoms with Crippen LogP contribution in [-0.4, -0.2) is 17.1 Å². The summed E-state index contributed by atoms with van der Waals surface area (Å²) in [6.07, 6.45) is 0. The van der Waals surface area contributed by atoms with Crippen LogP contribution in [0.15, 0.2) is 35.7 Å². The lowest BCUT2D eigenvalue weighted by Crippen LogP contribution is -2.31. The van der Waals surface area contributed by atoms with E-state index >= 15 is 0 Å². The van der Waals surface area contributed by atoms with Gasteiger partial charge < -0.3 is 10.6 Å². The van der Waals surface area contributed by atoms with E-state index in [-0.39, 0.29) is 0 Å². The average Bonchev–Trinajstić information content (AvgIpc) is 2.86. The first-order valence-corrected chi connectivity index (χ1v) is 6.54. The molecular formula is C12H13N3S2. The van der Waals surface area contributed by atoms with Crippen LogP contribution >= 0.6 is 23.6 Å². The van der Waals surface area contributed by atoms with Gasteiger partial charge in [-0.05, 0) is 12.2 Å². The van der Waals surface area contributed by atoms with Gasteiger partial charge in [0.25, 0.3) is 0 Å². The molecule has 0 aliphatic rings. The van der Waals surface area contributed by atoms with E-state index in [0.717, 1.165) is 16.3 Å². The van der Waals surface area contributed by atoms with E-state index in [9.17, 15) is 0 Å². The molecule has 0 unspecified atom stereocenters. The maximum Gasteiger partial charge on any atom is 0.166 e. The molecule has 2 aromatic rings. The summed E-state index contributed by atoms with van der Waals surface area (Å²) in [5, 5.41) is 9.67. The zero-order valence-electron chi connectivity index (χ0n) is 9.43. The predicted molar refractivity (Wildman–Crippen MR) is 76.0 cm³/mol. The van der Waals surface area contributed by atoms with Crippen LogP contribution in [0.1, 0.15) is 5.69 Å². The molecular weight excluding hydrogens is 250 g/mol. The van der Waals surface area contributed by atoms with Crippen LogP contribution in [0.3, 0.4) is 0 Å². The highest BCUT2D eigenvalue weighted by Crippen LogP contribution is 2.22. The number of hydrogen-bond acceptors (Lipinski definition) is 3. The molecule has 2 rings (SSSR count). The van der Waals surface area contributed by atoms with Gasteiger partial charge in [0.15, 0.2) is 5.11 Å². The van der Waals surface area contributed by atoms with Crippen LogP contribution < -0.4 is 10.6 Å². The molecule has 0 aliphatic carbocycles. The van der Waals surface area contributed by atoms with Crippen molar-refractivity contribution < 1.29 is 0 Å². The van der Waals surface area contributed by atoms with Crippen LogP contribution in [-0.2, 0) is 6.54 Å². The van der Waals surface area contributed by atoms with Crippen molar-refractivity contribution in [1.82, 2.24) is 15.6 Å². The third-order valence-electron chi connectivity index (χ3n) is 2.23. The van der Waals surface area contributed by atoms with E-state index in [1.807, 2.05) is 23.6 Å². The maximum atomic E-state index is 5.01. The lowest BCUT2D eigenvalue weighted by atomic mass is 10.2. The summed E-state index contributed by atoms with van der Waals surface area (Å²) in [6.45, 7) is 0.656. The van der Waals surface area contributed by atoms with Gasteiger partial charge in [0.05, 0.1) is 12.2 Å². The molecule has 1 aromatic heterocycles. The Morgan fingerprint density at radius 1 is 1.35 bits per heavy atom. The van der Waals surface area contributed by atoms with E-state index in [0.29, 0.717) is 11.7 Å².